The quantitative estimate of drug-likeness (QED) is 0.445. The number of anilines is 2. The van der Waals surface area contributed by atoms with Gasteiger partial charge in [-0.05, 0) is 74.3 Å². The molecule has 0 spiro atoms. The van der Waals surface area contributed by atoms with E-state index >= 15 is 0 Å². The van der Waals surface area contributed by atoms with Gasteiger partial charge in [-0.25, -0.2) is 14.4 Å². The van der Waals surface area contributed by atoms with Gasteiger partial charge < -0.3 is 5.32 Å². The highest BCUT2D eigenvalue weighted by molar-refractivity contribution is 7.22. The molecule has 0 atom stereocenters. The van der Waals surface area contributed by atoms with E-state index in [-0.39, 0.29) is 5.83 Å². The SMILES string of the molecule is C=C/C(F)=C(\C=C/C)c1ccc2nc(Nc3cc(CN4CCCC4)ccn3)sc2c1. The van der Waals surface area contributed by atoms with Crippen LogP contribution in [0.4, 0.5) is 15.3 Å². The van der Waals surface area contributed by atoms with Gasteiger partial charge in [0.05, 0.1) is 10.2 Å². The molecule has 3 aromatic rings. The monoisotopic (exact) mass is 420 g/mol. The molecule has 1 aromatic carbocycles. The van der Waals surface area contributed by atoms with Crippen LogP contribution in [0.15, 0.2) is 67.2 Å². The number of fused-ring (bicyclic) bond motifs is 1. The largest absolute Gasteiger partial charge is 0.316 e. The summed E-state index contributed by atoms with van der Waals surface area (Å²) in [6, 6.07) is 9.93. The maximum Gasteiger partial charge on any atom is 0.189 e. The Balaban J connectivity index is 1.56. The van der Waals surface area contributed by atoms with Crippen molar-refractivity contribution < 1.29 is 4.39 Å². The van der Waals surface area contributed by atoms with Gasteiger partial charge in [0, 0.05) is 18.3 Å². The third-order valence-corrected chi connectivity index (χ3v) is 6.07. The molecule has 1 fully saturated rings. The lowest BCUT2D eigenvalue weighted by molar-refractivity contribution is 0.331. The molecule has 0 saturated carbocycles. The molecule has 3 heterocycles. The number of halogens is 1. The molecule has 0 bridgehead atoms. The fourth-order valence-electron chi connectivity index (χ4n) is 3.69. The van der Waals surface area contributed by atoms with Crippen LogP contribution in [0.2, 0.25) is 0 Å². The highest BCUT2D eigenvalue weighted by Gasteiger charge is 2.13. The zero-order valence-electron chi connectivity index (χ0n) is 17.1. The smallest absolute Gasteiger partial charge is 0.189 e. The predicted octanol–water partition coefficient (Wildman–Crippen LogP) is 6.47. The fourth-order valence-corrected chi connectivity index (χ4v) is 4.60. The van der Waals surface area contributed by atoms with E-state index in [4.69, 9.17) is 0 Å². The third kappa shape index (κ3) is 4.66. The van der Waals surface area contributed by atoms with Crippen molar-refractivity contribution in [1.82, 2.24) is 14.9 Å². The van der Waals surface area contributed by atoms with Gasteiger partial charge in [0.2, 0.25) is 0 Å². The fraction of sp³-hybridized carbons (Fsp3) is 0.250. The Labute approximate surface area is 180 Å². The van der Waals surface area contributed by atoms with Crippen molar-refractivity contribution in [2.24, 2.45) is 0 Å². The van der Waals surface area contributed by atoms with E-state index < -0.39 is 0 Å². The topological polar surface area (TPSA) is 41.1 Å². The summed E-state index contributed by atoms with van der Waals surface area (Å²) >= 11 is 1.53. The van der Waals surface area contributed by atoms with Crippen LogP contribution in [0.1, 0.15) is 30.9 Å². The minimum atomic E-state index is -0.339. The van der Waals surface area contributed by atoms with Gasteiger partial charge >= 0.3 is 0 Å². The summed E-state index contributed by atoms with van der Waals surface area (Å²) in [7, 11) is 0. The van der Waals surface area contributed by atoms with Gasteiger partial charge in [-0.3, -0.25) is 4.90 Å². The summed E-state index contributed by atoms with van der Waals surface area (Å²) in [4.78, 5) is 11.6. The Morgan fingerprint density at radius 2 is 2.10 bits per heavy atom. The molecule has 0 radical (unpaired) electrons. The number of benzene rings is 1. The summed E-state index contributed by atoms with van der Waals surface area (Å²) in [5.41, 5.74) is 3.45. The number of hydrogen-bond acceptors (Lipinski definition) is 5. The van der Waals surface area contributed by atoms with Crippen LogP contribution in [0, 0.1) is 0 Å². The van der Waals surface area contributed by atoms with Crippen LogP contribution in [-0.2, 0) is 6.54 Å². The van der Waals surface area contributed by atoms with E-state index in [9.17, 15) is 4.39 Å². The summed E-state index contributed by atoms with van der Waals surface area (Å²) < 4.78 is 15.2. The van der Waals surface area contributed by atoms with Crippen molar-refractivity contribution >= 4 is 38.1 Å². The summed E-state index contributed by atoms with van der Waals surface area (Å²) in [6.07, 6.45) is 9.22. The molecule has 1 aliphatic rings. The first-order valence-electron chi connectivity index (χ1n) is 10.2. The minimum absolute atomic E-state index is 0.339. The molecule has 1 N–H and O–H groups in total. The van der Waals surface area contributed by atoms with E-state index in [0.29, 0.717) is 5.57 Å². The van der Waals surface area contributed by atoms with Crippen molar-refractivity contribution in [3.8, 4) is 0 Å². The van der Waals surface area contributed by atoms with Crippen molar-refractivity contribution in [1.29, 1.82) is 0 Å². The lowest BCUT2D eigenvalue weighted by atomic mass is 10.0. The van der Waals surface area contributed by atoms with Crippen molar-refractivity contribution in [2.75, 3.05) is 18.4 Å². The Morgan fingerprint density at radius 1 is 1.27 bits per heavy atom. The van der Waals surface area contributed by atoms with E-state index in [2.05, 4.69) is 38.9 Å². The molecule has 30 heavy (non-hydrogen) atoms. The Bertz CT molecular complexity index is 1110. The standard InChI is InChI=1S/C24H25FN4S/c1-3-7-19(20(25)4-2)18-8-9-21-22(15-18)30-24(27-21)28-23-14-17(10-11-26-23)16-29-12-5-6-13-29/h3-4,7-11,14-15H,2,5-6,12-13,16H2,1H3,(H,26,27,28)/b7-3-,20-19-. The molecular weight excluding hydrogens is 395 g/mol. The van der Waals surface area contributed by atoms with Crippen molar-refractivity contribution in [2.45, 2.75) is 26.3 Å². The number of allylic oxidation sites excluding steroid dienone is 5. The van der Waals surface area contributed by atoms with E-state index in [1.807, 2.05) is 37.4 Å². The first-order valence-corrected chi connectivity index (χ1v) is 11.0. The molecule has 1 aliphatic heterocycles. The number of aromatic nitrogens is 2. The maximum absolute atomic E-state index is 14.2. The van der Waals surface area contributed by atoms with Crippen LogP contribution < -0.4 is 5.32 Å². The molecule has 4 rings (SSSR count). The zero-order valence-corrected chi connectivity index (χ0v) is 17.9. The van der Waals surface area contributed by atoms with Crippen molar-refractivity contribution in [3.63, 3.8) is 0 Å². The molecule has 2 aromatic heterocycles. The summed E-state index contributed by atoms with van der Waals surface area (Å²) in [5.74, 6) is 0.451. The number of thiazole rings is 1. The lowest BCUT2D eigenvalue weighted by Gasteiger charge is -2.14. The normalized spacial score (nSPS) is 15.7. The predicted molar refractivity (Wildman–Crippen MR) is 125 cm³/mol. The molecule has 1 saturated heterocycles. The van der Waals surface area contributed by atoms with Gasteiger partial charge in [0.15, 0.2) is 5.13 Å². The summed E-state index contributed by atoms with van der Waals surface area (Å²) in [6.45, 7) is 8.70. The zero-order chi connectivity index (χ0) is 20.9. The average molecular weight is 421 g/mol. The molecule has 4 nitrogen and oxygen atoms in total. The average Bonchev–Trinajstić information content (AvgIpc) is 3.40. The first-order chi connectivity index (χ1) is 14.7. The molecule has 0 amide bonds. The number of nitrogens with zero attached hydrogens (tertiary/aromatic N) is 3. The van der Waals surface area contributed by atoms with Crippen LogP contribution in [0.3, 0.4) is 0 Å². The van der Waals surface area contributed by atoms with Gasteiger partial charge in [-0.2, -0.15) is 0 Å². The molecule has 0 unspecified atom stereocenters. The Hall–Kier alpha value is -2.83. The Morgan fingerprint density at radius 3 is 2.87 bits per heavy atom. The Kier molecular flexibility index (Phi) is 6.35. The van der Waals surface area contributed by atoms with Crippen LogP contribution >= 0.6 is 11.3 Å². The van der Waals surface area contributed by atoms with Gasteiger partial charge in [-0.15, -0.1) is 0 Å². The second-order valence-corrected chi connectivity index (χ2v) is 8.36. The second kappa shape index (κ2) is 9.32. The second-order valence-electron chi connectivity index (χ2n) is 7.32. The van der Waals surface area contributed by atoms with E-state index in [1.54, 1.807) is 6.08 Å². The molecule has 0 aliphatic carbocycles. The molecule has 154 valence electrons. The highest BCUT2D eigenvalue weighted by Crippen LogP contribution is 2.32. The van der Waals surface area contributed by atoms with E-state index in [0.717, 1.165) is 33.3 Å². The van der Waals surface area contributed by atoms with Crippen LogP contribution in [0.25, 0.3) is 15.8 Å². The number of hydrogen-bond donors (Lipinski definition) is 1. The number of likely N-dealkylation sites (tertiary alicyclic amines) is 1. The van der Waals surface area contributed by atoms with Crippen LogP contribution in [-0.4, -0.2) is 28.0 Å². The molecule has 6 heteroatoms. The third-order valence-electron chi connectivity index (χ3n) is 5.13. The van der Waals surface area contributed by atoms with Crippen molar-refractivity contribution in [3.05, 3.63) is 78.3 Å². The van der Waals surface area contributed by atoms with Gasteiger partial charge in [-0.1, -0.05) is 36.1 Å². The van der Waals surface area contributed by atoms with E-state index in [1.165, 1.54) is 48.9 Å². The number of pyridine rings is 1. The van der Waals surface area contributed by atoms with Crippen LogP contribution in [0.5, 0.6) is 0 Å². The summed E-state index contributed by atoms with van der Waals surface area (Å²) in [5, 5.41) is 4.10. The first kappa shape index (κ1) is 20.4. The van der Waals surface area contributed by atoms with Gasteiger partial charge in [0.25, 0.3) is 0 Å². The number of rotatable bonds is 7. The highest BCUT2D eigenvalue weighted by atomic mass is 32.1. The lowest BCUT2D eigenvalue weighted by Crippen LogP contribution is -2.18. The molecular formula is C24H25FN4S. The minimum Gasteiger partial charge on any atom is -0.316 e. The maximum atomic E-state index is 14.2. The number of nitrogens with one attached hydrogen (secondary N) is 1. The van der Waals surface area contributed by atoms with Gasteiger partial charge in [0.1, 0.15) is 11.6 Å².